The molecule has 1 N–H and O–H groups in total. The number of rotatable bonds is 8. The highest BCUT2D eigenvalue weighted by Crippen LogP contribution is 2.35. The molecule has 5 heteroatoms. The van der Waals surface area contributed by atoms with Crippen LogP contribution in [0.15, 0.2) is 18.2 Å². The van der Waals surface area contributed by atoms with E-state index in [1.54, 1.807) is 7.11 Å². The van der Waals surface area contributed by atoms with Crippen LogP contribution in [0.2, 0.25) is 0 Å². The fourth-order valence-electron chi connectivity index (χ4n) is 3.31. The van der Waals surface area contributed by atoms with E-state index in [9.17, 15) is 0 Å². The standard InChI is InChI=1S/C19H29ClN2O2/c1-3-24-19(21)16(8-7-11-20)17-14-15(9-10-18(17)23-2)22-12-5-4-6-13-22/h9-10,14,16,21H,3-8,11-13H2,1-2H3. The molecule has 1 aromatic rings. The maximum absolute atomic E-state index is 8.31. The molecule has 2 rings (SSSR count). The van der Waals surface area contributed by atoms with Crippen LogP contribution in [0.4, 0.5) is 5.69 Å². The van der Waals surface area contributed by atoms with E-state index in [1.807, 2.05) is 13.0 Å². The zero-order valence-corrected chi connectivity index (χ0v) is 15.6. The summed E-state index contributed by atoms with van der Waals surface area (Å²) in [6, 6.07) is 6.32. The molecule has 0 amide bonds. The predicted octanol–water partition coefficient (Wildman–Crippen LogP) is 4.80. The first-order chi connectivity index (χ1) is 11.7. The number of nitrogens with zero attached hydrogens (tertiary/aromatic N) is 1. The van der Waals surface area contributed by atoms with Crippen LogP contribution < -0.4 is 9.64 Å². The van der Waals surface area contributed by atoms with E-state index in [1.165, 1.54) is 24.9 Å². The minimum Gasteiger partial charge on any atom is -0.496 e. The zero-order valence-electron chi connectivity index (χ0n) is 14.8. The van der Waals surface area contributed by atoms with Gasteiger partial charge in [-0.3, -0.25) is 5.41 Å². The third-order valence-corrected chi connectivity index (χ3v) is 4.82. The fraction of sp³-hybridized carbons (Fsp3) is 0.632. The van der Waals surface area contributed by atoms with E-state index in [-0.39, 0.29) is 5.92 Å². The maximum Gasteiger partial charge on any atom is 0.188 e. The predicted molar refractivity (Wildman–Crippen MR) is 101 cm³/mol. The molecule has 24 heavy (non-hydrogen) atoms. The lowest BCUT2D eigenvalue weighted by atomic mass is 9.92. The van der Waals surface area contributed by atoms with Crippen LogP contribution >= 0.6 is 11.6 Å². The number of ether oxygens (including phenoxy) is 2. The number of methoxy groups -OCH3 is 1. The summed E-state index contributed by atoms with van der Waals surface area (Å²) in [6.07, 6.45) is 5.44. The molecule has 4 nitrogen and oxygen atoms in total. The maximum atomic E-state index is 8.31. The van der Waals surface area contributed by atoms with E-state index in [0.29, 0.717) is 18.4 Å². The van der Waals surface area contributed by atoms with Gasteiger partial charge in [-0.1, -0.05) is 0 Å². The summed E-state index contributed by atoms with van der Waals surface area (Å²) in [5.74, 6) is 1.60. The van der Waals surface area contributed by atoms with Gasteiger partial charge in [-0.05, 0) is 57.2 Å². The Morgan fingerprint density at radius 3 is 2.67 bits per heavy atom. The van der Waals surface area contributed by atoms with Crippen LogP contribution in [0.3, 0.4) is 0 Å². The molecule has 0 radical (unpaired) electrons. The highest BCUT2D eigenvalue weighted by molar-refractivity contribution is 6.17. The lowest BCUT2D eigenvalue weighted by Crippen LogP contribution is -2.29. The number of alkyl halides is 1. The largest absolute Gasteiger partial charge is 0.496 e. The van der Waals surface area contributed by atoms with Gasteiger partial charge in [0.25, 0.3) is 0 Å². The Morgan fingerprint density at radius 1 is 1.29 bits per heavy atom. The third-order valence-electron chi connectivity index (χ3n) is 4.55. The van der Waals surface area contributed by atoms with Crippen molar-refractivity contribution in [3.63, 3.8) is 0 Å². The number of nitrogens with one attached hydrogen (secondary N) is 1. The van der Waals surface area contributed by atoms with E-state index in [4.69, 9.17) is 26.5 Å². The molecule has 1 unspecified atom stereocenters. The summed E-state index contributed by atoms with van der Waals surface area (Å²) in [6.45, 7) is 4.61. The second kappa shape index (κ2) is 9.77. The molecule has 1 heterocycles. The molecule has 1 aliphatic rings. The van der Waals surface area contributed by atoms with Gasteiger partial charge in [0.1, 0.15) is 5.75 Å². The number of anilines is 1. The highest BCUT2D eigenvalue weighted by atomic mass is 35.5. The van der Waals surface area contributed by atoms with E-state index in [0.717, 1.165) is 37.2 Å². The van der Waals surface area contributed by atoms with Gasteiger partial charge < -0.3 is 14.4 Å². The van der Waals surface area contributed by atoms with Crippen molar-refractivity contribution in [1.82, 2.24) is 0 Å². The first-order valence-corrected chi connectivity index (χ1v) is 9.44. The Bertz CT molecular complexity index is 530. The van der Waals surface area contributed by atoms with Crippen molar-refractivity contribution >= 4 is 23.2 Å². The molecule has 1 aliphatic heterocycles. The van der Waals surface area contributed by atoms with Crippen LogP contribution in [0, 0.1) is 5.41 Å². The number of halogens is 1. The molecule has 1 saturated heterocycles. The van der Waals surface area contributed by atoms with Crippen molar-refractivity contribution in [2.24, 2.45) is 0 Å². The summed E-state index contributed by atoms with van der Waals surface area (Å²) < 4.78 is 11.1. The quantitative estimate of drug-likeness (QED) is 0.415. The molecule has 0 aliphatic carbocycles. The van der Waals surface area contributed by atoms with Gasteiger partial charge in [0, 0.05) is 30.2 Å². The molecular formula is C19H29ClN2O2. The number of hydrogen-bond acceptors (Lipinski definition) is 4. The van der Waals surface area contributed by atoms with Crippen molar-refractivity contribution in [2.45, 2.75) is 44.9 Å². The van der Waals surface area contributed by atoms with Crippen molar-refractivity contribution in [1.29, 1.82) is 5.41 Å². The summed E-state index contributed by atoms with van der Waals surface area (Å²) in [5, 5.41) is 8.31. The van der Waals surface area contributed by atoms with Gasteiger partial charge in [0.2, 0.25) is 0 Å². The van der Waals surface area contributed by atoms with Crippen LogP contribution in [0.1, 0.15) is 50.5 Å². The highest BCUT2D eigenvalue weighted by Gasteiger charge is 2.23. The summed E-state index contributed by atoms with van der Waals surface area (Å²) in [7, 11) is 1.68. The molecule has 1 atom stereocenters. The Kier molecular flexibility index (Phi) is 7.70. The Hall–Kier alpha value is -1.42. The molecule has 0 aromatic heterocycles. The van der Waals surface area contributed by atoms with Gasteiger partial charge in [-0.15, -0.1) is 11.6 Å². The van der Waals surface area contributed by atoms with Gasteiger partial charge in [0.05, 0.1) is 19.6 Å². The van der Waals surface area contributed by atoms with Crippen LogP contribution in [-0.4, -0.2) is 38.6 Å². The van der Waals surface area contributed by atoms with Crippen LogP contribution in [0.5, 0.6) is 5.75 Å². The van der Waals surface area contributed by atoms with Gasteiger partial charge in [0.15, 0.2) is 5.90 Å². The van der Waals surface area contributed by atoms with Crippen LogP contribution in [0.25, 0.3) is 0 Å². The second-order valence-corrected chi connectivity index (χ2v) is 6.53. The molecule has 0 saturated carbocycles. The molecule has 0 spiro atoms. The first-order valence-electron chi connectivity index (χ1n) is 8.91. The fourth-order valence-corrected chi connectivity index (χ4v) is 3.46. The number of hydrogen-bond donors (Lipinski definition) is 1. The average Bonchev–Trinajstić information content (AvgIpc) is 2.63. The van der Waals surface area contributed by atoms with Crippen molar-refractivity contribution in [2.75, 3.05) is 37.6 Å². The molecule has 0 bridgehead atoms. The third kappa shape index (κ3) is 4.79. The lowest BCUT2D eigenvalue weighted by Gasteiger charge is -2.30. The van der Waals surface area contributed by atoms with E-state index in [2.05, 4.69) is 17.0 Å². The SMILES string of the molecule is CCOC(=N)C(CCCCl)c1cc(N2CCCCC2)ccc1OC. The minimum absolute atomic E-state index is 0.108. The zero-order chi connectivity index (χ0) is 17.4. The normalized spacial score (nSPS) is 15.9. The van der Waals surface area contributed by atoms with Crippen molar-refractivity contribution in [3.8, 4) is 5.75 Å². The van der Waals surface area contributed by atoms with Gasteiger partial charge in [-0.25, -0.2) is 0 Å². The summed E-state index contributed by atoms with van der Waals surface area (Å²) >= 11 is 5.89. The van der Waals surface area contributed by atoms with E-state index < -0.39 is 0 Å². The van der Waals surface area contributed by atoms with E-state index >= 15 is 0 Å². The molecule has 134 valence electrons. The number of piperidine rings is 1. The molecular weight excluding hydrogens is 324 g/mol. The Balaban J connectivity index is 2.32. The first kappa shape index (κ1) is 18.9. The smallest absolute Gasteiger partial charge is 0.188 e. The van der Waals surface area contributed by atoms with Crippen molar-refractivity contribution < 1.29 is 9.47 Å². The van der Waals surface area contributed by atoms with Crippen LogP contribution in [-0.2, 0) is 4.74 Å². The topological polar surface area (TPSA) is 45.5 Å². The summed E-state index contributed by atoms with van der Waals surface area (Å²) in [4.78, 5) is 2.43. The monoisotopic (exact) mass is 352 g/mol. The Labute approximate surface area is 150 Å². The minimum atomic E-state index is -0.108. The molecule has 1 aromatic carbocycles. The van der Waals surface area contributed by atoms with Crippen molar-refractivity contribution in [3.05, 3.63) is 23.8 Å². The van der Waals surface area contributed by atoms with Gasteiger partial charge >= 0.3 is 0 Å². The lowest BCUT2D eigenvalue weighted by molar-refractivity contribution is 0.304. The second-order valence-electron chi connectivity index (χ2n) is 6.16. The number of benzene rings is 1. The Morgan fingerprint density at radius 2 is 2.04 bits per heavy atom. The molecule has 1 fully saturated rings. The summed E-state index contributed by atoms with van der Waals surface area (Å²) in [5.41, 5.74) is 2.25. The van der Waals surface area contributed by atoms with Gasteiger partial charge in [-0.2, -0.15) is 0 Å². The average molecular weight is 353 g/mol.